The lowest BCUT2D eigenvalue weighted by atomic mass is 10.3. The zero-order valence-electron chi connectivity index (χ0n) is 15.8. The number of carbonyl (C=O) groups excluding carboxylic acids is 1. The molecule has 1 unspecified atom stereocenters. The molecule has 0 aliphatic rings. The van der Waals surface area contributed by atoms with E-state index in [-0.39, 0.29) is 22.9 Å². The molecular formula is C20H20ClN5O2S. The van der Waals surface area contributed by atoms with E-state index in [4.69, 9.17) is 16.3 Å². The molecule has 7 nitrogen and oxygen atoms in total. The molecule has 0 aliphatic carbocycles. The van der Waals surface area contributed by atoms with E-state index in [9.17, 15) is 4.79 Å². The van der Waals surface area contributed by atoms with Crippen molar-refractivity contribution in [2.24, 2.45) is 0 Å². The van der Waals surface area contributed by atoms with Gasteiger partial charge in [0.25, 0.3) is 0 Å². The van der Waals surface area contributed by atoms with Gasteiger partial charge < -0.3 is 10.1 Å². The van der Waals surface area contributed by atoms with Crippen LogP contribution in [-0.4, -0.2) is 31.4 Å². The normalized spacial score (nSPS) is 11.7. The molecule has 29 heavy (non-hydrogen) atoms. The SMILES string of the molecule is C=CCn1c(SCC(=O)Nc2cccnc2Cl)nnc1C(C)Oc1ccccc1. The van der Waals surface area contributed by atoms with Crippen molar-refractivity contribution in [3.05, 3.63) is 72.3 Å². The summed E-state index contributed by atoms with van der Waals surface area (Å²) in [5.41, 5.74) is 0.470. The third-order valence-electron chi connectivity index (χ3n) is 3.84. The number of halogens is 1. The summed E-state index contributed by atoms with van der Waals surface area (Å²) in [4.78, 5) is 16.2. The first-order chi connectivity index (χ1) is 14.1. The van der Waals surface area contributed by atoms with E-state index in [1.54, 1.807) is 24.4 Å². The Bertz CT molecular complexity index is 980. The third kappa shape index (κ3) is 5.58. The second kappa shape index (κ2) is 10.1. The Morgan fingerprint density at radius 2 is 2.10 bits per heavy atom. The van der Waals surface area contributed by atoms with Crippen molar-refractivity contribution < 1.29 is 9.53 Å². The van der Waals surface area contributed by atoms with Gasteiger partial charge in [-0.1, -0.05) is 47.6 Å². The van der Waals surface area contributed by atoms with Gasteiger partial charge in [0, 0.05) is 12.7 Å². The Kier molecular flexibility index (Phi) is 7.26. The monoisotopic (exact) mass is 429 g/mol. The van der Waals surface area contributed by atoms with Crippen molar-refractivity contribution in [1.29, 1.82) is 0 Å². The molecule has 1 aromatic carbocycles. The van der Waals surface area contributed by atoms with Crippen LogP contribution in [0.15, 0.2) is 66.5 Å². The molecule has 0 fully saturated rings. The number of nitrogens with one attached hydrogen (secondary N) is 1. The lowest BCUT2D eigenvalue weighted by Crippen LogP contribution is -2.16. The fraction of sp³-hybridized carbons (Fsp3) is 0.200. The highest BCUT2D eigenvalue weighted by Gasteiger charge is 2.20. The summed E-state index contributed by atoms with van der Waals surface area (Å²) in [6.07, 6.45) is 2.99. The summed E-state index contributed by atoms with van der Waals surface area (Å²) >= 11 is 7.25. The van der Waals surface area contributed by atoms with E-state index < -0.39 is 0 Å². The number of pyridine rings is 1. The van der Waals surface area contributed by atoms with Crippen molar-refractivity contribution in [3.63, 3.8) is 0 Å². The van der Waals surface area contributed by atoms with Gasteiger partial charge in [-0.2, -0.15) is 0 Å². The second-order valence-corrected chi connectivity index (χ2v) is 7.29. The number of allylic oxidation sites excluding steroid dienone is 1. The van der Waals surface area contributed by atoms with E-state index in [1.807, 2.05) is 41.8 Å². The number of para-hydroxylation sites is 1. The third-order valence-corrected chi connectivity index (χ3v) is 5.11. The molecule has 0 saturated heterocycles. The van der Waals surface area contributed by atoms with Gasteiger partial charge in [-0.3, -0.25) is 9.36 Å². The number of carbonyl (C=O) groups is 1. The zero-order chi connectivity index (χ0) is 20.6. The van der Waals surface area contributed by atoms with Gasteiger partial charge >= 0.3 is 0 Å². The molecule has 2 heterocycles. The van der Waals surface area contributed by atoms with Gasteiger partial charge in [0.2, 0.25) is 5.91 Å². The molecular weight excluding hydrogens is 410 g/mol. The van der Waals surface area contributed by atoms with E-state index in [0.29, 0.717) is 23.2 Å². The summed E-state index contributed by atoms with van der Waals surface area (Å²) in [6, 6.07) is 12.9. The molecule has 3 rings (SSSR count). The highest BCUT2D eigenvalue weighted by Crippen LogP contribution is 2.25. The van der Waals surface area contributed by atoms with E-state index in [0.717, 1.165) is 5.75 Å². The number of rotatable bonds is 9. The van der Waals surface area contributed by atoms with Crippen molar-refractivity contribution in [2.75, 3.05) is 11.1 Å². The molecule has 2 aromatic heterocycles. The first-order valence-corrected chi connectivity index (χ1v) is 10.2. The maximum atomic E-state index is 12.3. The smallest absolute Gasteiger partial charge is 0.234 e. The van der Waals surface area contributed by atoms with Crippen LogP contribution in [0.4, 0.5) is 5.69 Å². The van der Waals surface area contributed by atoms with Crippen LogP contribution in [0.2, 0.25) is 5.15 Å². The molecule has 1 atom stereocenters. The predicted octanol–water partition coefficient (Wildman–Crippen LogP) is 4.38. The number of amides is 1. The largest absolute Gasteiger partial charge is 0.483 e. The lowest BCUT2D eigenvalue weighted by Gasteiger charge is -2.15. The average Bonchev–Trinajstić information content (AvgIpc) is 3.12. The number of benzene rings is 1. The van der Waals surface area contributed by atoms with Crippen LogP contribution in [0, 0.1) is 0 Å². The Hall–Kier alpha value is -2.84. The number of thioether (sulfide) groups is 1. The Morgan fingerprint density at radius 1 is 1.31 bits per heavy atom. The maximum Gasteiger partial charge on any atom is 0.234 e. The van der Waals surface area contributed by atoms with Gasteiger partial charge in [0.05, 0.1) is 11.4 Å². The predicted molar refractivity (Wildman–Crippen MR) is 114 cm³/mol. The minimum absolute atomic E-state index is 0.147. The standard InChI is InChI=1S/C20H20ClN5O2S/c1-3-12-26-19(14(2)28-15-8-5-4-6-9-15)24-25-20(26)29-13-17(27)23-16-10-7-11-22-18(16)21/h3-11,14H,1,12-13H2,2H3,(H,23,27). The second-order valence-electron chi connectivity index (χ2n) is 5.99. The highest BCUT2D eigenvalue weighted by atomic mass is 35.5. The molecule has 3 aromatic rings. The van der Waals surface area contributed by atoms with E-state index in [1.165, 1.54) is 11.8 Å². The maximum absolute atomic E-state index is 12.3. The highest BCUT2D eigenvalue weighted by molar-refractivity contribution is 7.99. The number of aromatic nitrogens is 4. The lowest BCUT2D eigenvalue weighted by molar-refractivity contribution is -0.113. The molecule has 0 bridgehead atoms. The van der Waals surface area contributed by atoms with Crippen molar-refractivity contribution in [3.8, 4) is 5.75 Å². The Morgan fingerprint density at radius 3 is 2.83 bits per heavy atom. The molecule has 1 N–H and O–H groups in total. The van der Waals surface area contributed by atoms with Crippen LogP contribution < -0.4 is 10.1 Å². The number of hydrogen-bond donors (Lipinski definition) is 1. The topological polar surface area (TPSA) is 81.9 Å². The molecule has 150 valence electrons. The van der Waals surface area contributed by atoms with Crippen LogP contribution in [0.5, 0.6) is 5.75 Å². The number of ether oxygens (including phenoxy) is 1. The molecule has 0 aliphatic heterocycles. The van der Waals surface area contributed by atoms with Crippen molar-refractivity contribution in [2.45, 2.75) is 24.7 Å². The zero-order valence-corrected chi connectivity index (χ0v) is 17.4. The van der Waals surface area contributed by atoms with Gasteiger partial charge in [-0.05, 0) is 31.2 Å². The summed E-state index contributed by atoms with van der Waals surface area (Å²) in [6.45, 7) is 6.20. The Labute approximate surface area is 178 Å². The molecule has 0 spiro atoms. The van der Waals surface area contributed by atoms with Crippen LogP contribution in [0.25, 0.3) is 0 Å². The van der Waals surface area contributed by atoms with Crippen molar-refractivity contribution >= 4 is 35.0 Å². The minimum Gasteiger partial charge on any atom is -0.483 e. The first kappa shape index (κ1) is 20.9. The number of anilines is 1. The molecule has 0 radical (unpaired) electrons. The van der Waals surface area contributed by atoms with Gasteiger partial charge in [-0.15, -0.1) is 16.8 Å². The summed E-state index contributed by atoms with van der Waals surface area (Å²) < 4.78 is 7.84. The van der Waals surface area contributed by atoms with E-state index >= 15 is 0 Å². The quantitative estimate of drug-likeness (QED) is 0.309. The van der Waals surface area contributed by atoms with Crippen molar-refractivity contribution in [1.82, 2.24) is 19.7 Å². The minimum atomic E-state index is -0.317. The number of nitrogens with zero attached hydrogens (tertiary/aromatic N) is 4. The summed E-state index contributed by atoms with van der Waals surface area (Å²) in [5, 5.41) is 12.1. The first-order valence-electron chi connectivity index (χ1n) is 8.87. The number of hydrogen-bond acceptors (Lipinski definition) is 6. The van der Waals surface area contributed by atoms with Crippen LogP contribution in [0.1, 0.15) is 18.9 Å². The summed E-state index contributed by atoms with van der Waals surface area (Å²) in [7, 11) is 0. The van der Waals surface area contributed by atoms with Crippen LogP contribution in [-0.2, 0) is 11.3 Å². The molecule has 1 amide bonds. The van der Waals surface area contributed by atoms with Crippen LogP contribution >= 0.6 is 23.4 Å². The molecule has 0 saturated carbocycles. The van der Waals surface area contributed by atoms with E-state index in [2.05, 4.69) is 27.1 Å². The van der Waals surface area contributed by atoms with Crippen LogP contribution in [0.3, 0.4) is 0 Å². The average molecular weight is 430 g/mol. The fourth-order valence-electron chi connectivity index (χ4n) is 2.56. The Balaban J connectivity index is 1.67. The molecule has 9 heteroatoms. The fourth-order valence-corrected chi connectivity index (χ4v) is 3.48. The van der Waals surface area contributed by atoms with Gasteiger partial charge in [0.1, 0.15) is 5.75 Å². The van der Waals surface area contributed by atoms with Gasteiger partial charge in [-0.25, -0.2) is 4.98 Å². The van der Waals surface area contributed by atoms with Gasteiger partial charge in [0.15, 0.2) is 22.2 Å². The summed E-state index contributed by atoms with van der Waals surface area (Å²) in [5.74, 6) is 1.34.